The van der Waals surface area contributed by atoms with Crippen molar-refractivity contribution in [3.63, 3.8) is 0 Å². The van der Waals surface area contributed by atoms with Gasteiger partial charge in [-0.25, -0.2) is 9.97 Å². The Kier molecular flexibility index (Phi) is 4.53. The standard InChI is InChI=1S/C23H25N5O2/c1-14-6-4-5-7-18(14)21-20-13-27(23-24-9-8-15(2)26-23)11-17(20)12-28(21)22(29)19-10-25-30-16(19)3/h4-10,17,20-21H,11-13H2,1-3H3/t17-,20-,21-/m0/s1. The second-order valence-corrected chi connectivity index (χ2v) is 8.38. The highest BCUT2D eigenvalue weighted by atomic mass is 16.5. The second kappa shape index (κ2) is 7.23. The quantitative estimate of drug-likeness (QED) is 0.668. The van der Waals surface area contributed by atoms with E-state index in [1.54, 1.807) is 6.92 Å². The van der Waals surface area contributed by atoms with Crippen molar-refractivity contribution in [2.75, 3.05) is 24.5 Å². The van der Waals surface area contributed by atoms with Gasteiger partial charge in [0.25, 0.3) is 5.91 Å². The highest BCUT2D eigenvalue weighted by Gasteiger charge is 2.50. The van der Waals surface area contributed by atoms with Gasteiger partial charge >= 0.3 is 0 Å². The van der Waals surface area contributed by atoms with Crippen LogP contribution in [0, 0.1) is 32.6 Å². The summed E-state index contributed by atoms with van der Waals surface area (Å²) in [7, 11) is 0. The molecule has 7 heteroatoms. The van der Waals surface area contributed by atoms with E-state index in [4.69, 9.17) is 4.52 Å². The summed E-state index contributed by atoms with van der Waals surface area (Å²) < 4.78 is 5.17. The topological polar surface area (TPSA) is 75.4 Å². The van der Waals surface area contributed by atoms with Crippen LogP contribution >= 0.6 is 0 Å². The maximum atomic E-state index is 13.4. The Morgan fingerprint density at radius 1 is 1.10 bits per heavy atom. The van der Waals surface area contributed by atoms with Crippen LogP contribution in [0.2, 0.25) is 0 Å². The first kappa shape index (κ1) is 18.8. The number of anilines is 1. The average molecular weight is 403 g/mol. The number of amides is 1. The molecule has 2 aromatic heterocycles. The third kappa shape index (κ3) is 3.05. The number of carbonyl (C=O) groups excluding carboxylic acids is 1. The fourth-order valence-electron chi connectivity index (χ4n) is 4.98. The number of likely N-dealkylation sites (tertiary alicyclic amines) is 1. The summed E-state index contributed by atoms with van der Waals surface area (Å²) in [6.07, 6.45) is 3.35. The van der Waals surface area contributed by atoms with E-state index in [0.29, 0.717) is 29.7 Å². The molecule has 1 aromatic carbocycles. The molecule has 7 nitrogen and oxygen atoms in total. The largest absolute Gasteiger partial charge is 0.361 e. The van der Waals surface area contributed by atoms with Crippen molar-refractivity contribution in [3.05, 3.63) is 70.9 Å². The Balaban J connectivity index is 1.50. The summed E-state index contributed by atoms with van der Waals surface area (Å²) in [6, 6.07) is 10.3. The molecular weight excluding hydrogens is 378 g/mol. The number of aryl methyl sites for hydroxylation is 3. The van der Waals surface area contributed by atoms with Gasteiger partial charge in [-0.3, -0.25) is 4.79 Å². The number of aromatic nitrogens is 3. The van der Waals surface area contributed by atoms with Crippen LogP contribution in [-0.2, 0) is 0 Å². The number of fused-ring (bicyclic) bond motifs is 1. The van der Waals surface area contributed by atoms with Gasteiger partial charge in [-0.05, 0) is 38.0 Å². The normalized spacial score (nSPS) is 23.1. The van der Waals surface area contributed by atoms with E-state index in [1.165, 1.54) is 17.3 Å². The van der Waals surface area contributed by atoms with Gasteiger partial charge in [-0.15, -0.1) is 0 Å². The van der Waals surface area contributed by atoms with Crippen LogP contribution in [0.25, 0.3) is 0 Å². The number of benzene rings is 1. The number of hydrogen-bond donors (Lipinski definition) is 0. The molecule has 5 rings (SSSR count). The van der Waals surface area contributed by atoms with Crippen molar-refractivity contribution in [3.8, 4) is 0 Å². The highest BCUT2D eigenvalue weighted by molar-refractivity contribution is 5.95. The first-order valence-corrected chi connectivity index (χ1v) is 10.4. The van der Waals surface area contributed by atoms with Crippen molar-refractivity contribution in [1.29, 1.82) is 0 Å². The molecule has 2 aliphatic heterocycles. The van der Waals surface area contributed by atoms with Crippen LogP contribution in [-0.4, -0.2) is 45.6 Å². The van der Waals surface area contributed by atoms with Gasteiger partial charge in [0, 0.05) is 43.4 Å². The second-order valence-electron chi connectivity index (χ2n) is 8.38. The monoisotopic (exact) mass is 403 g/mol. The fourth-order valence-corrected chi connectivity index (χ4v) is 4.98. The SMILES string of the molecule is Cc1ccnc(N2C[C@H]3CN(C(=O)c4cnoc4C)[C@@H](c4ccccc4C)[C@H]3C2)n1. The molecule has 154 valence electrons. The lowest BCUT2D eigenvalue weighted by atomic mass is 9.87. The molecule has 0 aliphatic carbocycles. The molecular formula is C23H25N5O2. The average Bonchev–Trinajstić information content (AvgIpc) is 3.42. The van der Waals surface area contributed by atoms with Crippen LogP contribution in [0.15, 0.2) is 47.2 Å². The zero-order chi connectivity index (χ0) is 20.8. The van der Waals surface area contributed by atoms with Gasteiger partial charge < -0.3 is 14.3 Å². The van der Waals surface area contributed by atoms with Gasteiger partial charge in [0.05, 0.1) is 12.2 Å². The number of carbonyl (C=O) groups is 1. The van der Waals surface area contributed by atoms with Gasteiger partial charge in [0.2, 0.25) is 5.95 Å². The van der Waals surface area contributed by atoms with Crippen LogP contribution < -0.4 is 4.90 Å². The van der Waals surface area contributed by atoms with Gasteiger partial charge in [0.15, 0.2) is 0 Å². The van der Waals surface area contributed by atoms with Crippen LogP contribution in [0.3, 0.4) is 0 Å². The van der Waals surface area contributed by atoms with E-state index in [0.717, 1.165) is 24.7 Å². The molecule has 3 aromatic rings. The summed E-state index contributed by atoms with van der Waals surface area (Å²) >= 11 is 0. The molecule has 1 amide bonds. The van der Waals surface area contributed by atoms with Gasteiger partial charge in [-0.1, -0.05) is 29.4 Å². The maximum Gasteiger partial charge on any atom is 0.259 e. The smallest absolute Gasteiger partial charge is 0.259 e. The van der Waals surface area contributed by atoms with Crippen LogP contribution in [0.1, 0.15) is 39.0 Å². The minimum atomic E-state index is -0.00485. The summed E-state index contributed by atoms with van der Waals surface area (Å²) in [4.78, 5) is 26.8. The molecule has 0 N–H and O–H groups in total. The Bertz CT molecular complexity index is 1090. The molecule has 0 saturated carbocycles. The van der Waals surface area contributed by atoms with Crippen molar-refractivity contribution in [2.45, 2.75) is 26.8 Å². The molecule has 4 heterocycles. The lowest BCUT2D eigenvalue weighted by molar-refractivity contribution is 0.0713. The lowest BCUT2D eigenvalue weighted by Gasteiger charge is -2.30. The summed E-state index contributed by atoms with van der Waals surface area (Å²) in [5, 5.41) is 3.81. The molecule has 2 fully saturated rings. The van der Waals surface area contributed by atoms with E-state index in [1.807, 2.05) is 30.2 Å². The van der Waals surface area contributed by atoms with Crippen molar-refractivity contribution >= 4 is 11.9 Å². The zero-order valence-electron chi connectivity index (χ0n) is 17.4. The van der Waals surface area contributed by atoms with E-state index >= 15 is 0 Å². The van der Waals surface area contributed by atoms with Crippen molar-refractivity contribution in [2.24, 2.45) is 11.8 Å². The number of rotatable bonds is 3. The molecule has 2 saturated heterocycles. The van der Waals surface area contributed by atoms with Gasteiger partial charge in [-0.2, -0.15) is 0 Å². The molecule has 0 unspecified atom stereocenters. The highest BCUT2D eigenvalue weighted by Crippen LogP contribution is 2.46. The van der Waals surface area contributed by atoms with Crippen molar-refractivity contribution in [1.82, 2.24) is 20.0 Å². The Morgan fingerprint density at radius 2 is 1.93 bits per heavy atom. The molecule has 2 aliphatic rings. The Morgan fingerprint density at radius 3 is 2.67 bits per heavy atom. The minimum Gasteiger partial charge on any atom is -0.361 e. The van der Waals surface area contributed by atoms with E-state index in [-0.39, 0.29) is 11.9 Å². The molecule has 0 bridgehead atoms. The Hall–Kier alpha value is -3.22. The molecule has 0 radical (unpaired) electrons. The van der Waals surface area contributed by atoms with Crippen LogP contribution in [0.5, 0.6) is 0 Å². The van der Waals surface area contributed by atoms with E-state index in [9.17, 15) is 4.79 Å². The van der Waals surface area contributed by atoms with Crippen molar-refractivity contribution < 1.29 is 9.32 Å². The summed E-state index contributed by atoms with van der Waals surface area (Å²) in [5.74, 6) is 2.02. The maximum absolute atomic E-state index is 13.4. The number of hydrogen-bond acceptors (Lipinski definition) is 6. The summed E-state index contributed by atoms with van der Waals surface area (Å²) in [5.41, 5.74) is 3.92. The first-order valence-electron chi connectivity index (χ1n) is 10.4. The predicted molar refractivity (Wildman–Crippen MR) is 112 cm³/mol. The fraction of sp³-hybridized carbons (Fsp3) is 0.391. The van der Waals surface area contributed by atoms with E-state index in [2.05, 4.69) is 45.1 Å². The third-order valence-corrected chi connectivity index (χ3v) is 6.48. The zero-order valence-corrected chi connectivity index (χ0v) is 17.4. The summed E-state index contributed by atoms with van der Waals surface area (Å²) in [6.45, 7) is 8.28. The first-order chi connectivity index (χ1) is 14.5. The molecule has 0 spiro atoms. The predicted octanol–water partition coefficient (Wildman–Crippen LogP) is 3.34. The van der Waals surface area contributed by atoms with E-state index < -0.39 is 0 Å². The lowest BCUT2D eigenvalue weighted by Crippen LogP contribution is -2.36. The third-order valence-electron chi connectivity index (χ3n) is 6.48. The Labute approximate surface area is 175 Å². The number of nitrogens with zero attached hydrogens (tertiary/aromatic N) is 5. The minimum absolute atomic E-state index is 0.00485. The van der Waals surface area contributed by atoms with Crippen LogP contribution in [0.4, 0.5) is 5.95 Å². The van der Waals surface area contributed by atoms with Gasteiger partial charge in [0.1, 0.15) is 11.3 Å². The molecule has 30 heavy (non-hydrogen) atoms. The molecule has 3 atom stereocenters.